The van der Waals surface area contributed by atoms with Crippen LogP contribution in [0.2, 0.25) is 0 Å². The predicted octanol–water partition coefficient (Wildman–Crippen LogP) is 0.699. The van der Waals surface area contributed by atoms with Gasteiger partial charge in [-0.1, -0.05) is 0 Å². The molecular formula is C10H15N3O3S. The number of aromatic nitrogens is 2. The quantitative estimate of drug-likeness (QED) is 0.690. The minimum atomic E-state index is -1.06. The van der Waals surface area contributed by atoms with Gasteiger partial charge in [0.25, 0.3) is 0 Å². The molecule has 0 amide bonds. The Bertz CT molecular complexity index is 385. The molecule has 0 aliphatic rings. The summed E-state index contributed by atoms with van der Waals surface area (Å²) in [5.41, 5.74) is 0.0737. The van der Waals surface area contributed by atoms with Crippen LogP contribution >= 0.6 is 11.8 Å². The van der Waals surface area contributed by atoms with Gasteiger partial charge >= 0.3 is 5.97 Å². The van der Waals surface area contributed by atoms with Gasteiger partial charge in [-0.3, -0.25) is 0 Å². The van der Waals surface area contributed by atoms with E-state index in [1.54, 1.807) is 0 Å². The highest BCUT2D eigenvalue weighted by atomic mass is 32.2. The number of anilines is 1. The van der Waals surface area contributed by atoms with Crippen molar-refractivity contribution in [2.75, 3.05) is 18.2 Å². The molecule has 0 aromatic carbocycles. The fourth-order valence-corrected chi connectivity index (χ4v) is 1.98. The zero-order chi connectivity index (χ0) is 12.8. The van der Waals surface area contributed by atoms with Crippen molar-refractivity contribution < 1.29 is 15.0 Å². The minimum absolute atomic E-state index is 0.0119. The maximum Gasteiger partial charge on any atom is 0.339 e. The molecule has 1 heterocycles. The summed E-state index contributed by atoms with van der Waals surface area (Å²) >= 11 is 1.50. The number of hydrogen-bond acceptors (Lipinski definition) is 6. The molecule has 17 heavy (non-hydrogen) atoms. The molecule has 0 saturated heterocycles. The van der Waals surface area contributed by atoms with E-state index in [2.05, 4.69) is 15.5 Å². The van der Waals surface area contributed by atoms with E-state index < -0.39 is 5.97 Å². The number of nitrogens with zero attached hydrogens (tertiary/aromatic N) is 2. The summed E-state index contributed by atoms with van der Waals surface area (Å²) in [5, 5.41) is 28.4. The summed E-state index contributed by atoms with van der Waals surface area (Å²) in [5.74, 6) is -0.834. The number of hydrogen-bond donors (Lipinski definition) is 3. The highest BCUT2D eigenvalue weighted by molar-refractivity contribution is 7.99. The van der Waals surface area contributed by atoms with Crippen molar-refractivity contribution >= 4 is 23.5 Å². The van der Waals surface area contributed by atoms with Gasteiger partial charge in [0.15, 0.2) is 5.82 Å². The van der Waals surface area contributed by atoms with Crippen LogP contribution in [0.1, 0.15) is 17.3 Å². The standard InChI is InChI=1S/C10H15N3O3S/c1-6(8(5-14)17-2)12-9-7(10(15)16)3-4-11-13-9/h3-4,6,8,14H,5H2,1-2H3,(H,12,13)(H,15,16). The third-order valence-corrected chi connectivity index (χ3v) is 3.52. The molecule has 0 saturated carbocycles. The van der Waals surface area contributed by atoms with E-state index in [1.807, 2.05) is 13.2 Å². The molecule has 7 heteroatoms. The van der Waals surface area contributed by atoms with Gasteiger partial charge in [0.2, 0.25) is 0 Å². The lowest BCUT2D eigenvalue weighted by atomic mass is 10.2. The number of aliphatic hydroxyl groups excluding tert-OH is 1. The zero-order valence-corrected chi connectivity index (χ0v) is 10.4. The summed E-state index contributed by atoms with van der Waals surface area (Å²) in [4.78, 5) is 10.9. The van der Waals surface area contributed by atoms with E-state index in [1.165, 1.54) is 24.0 Å². The number of aromatic carboxylic acids is 1. The molecule has 0 radical (unpaired) electrons. The number of nitrogens with one attached hydrogen (secondary N) is 1. The van der Waals surface area contributed by atoms with Crippen LogP contribution in [0.25, 0.3) is 0 Å². The maximum atomic E-state index is 10.9. The van der Waals surface area contributed by atoms with Gasteiger partial charge in [0, 0.05) is 11.3 Å². The van der Waals surface area contributed by atoms with Crippen LogP contribution < -0.4 is 5.32 Å². The van der Waals surface area contributed by atoms with Gasteiger partial charge in [-0.25, -0.2) is 4.79 Å². The number of aliphatic hydroxyl groups is 1. The van der Waals surface area contributed by atoms with Crippen LogP contribution in [0, 0.1) is 0 Å². The van der Waals surface area contributed by atoms with Crippen LogP contribution in [0.5, 0.6) is 0 Å². The summed E-state index contributed by atoms with van der Waals surface area (Å²) in [6.45, 7) is 1.87. The van der Waals surface area contributed by atoms with Gasteiger partial charge in [-0.2, -0.15) is 16.9 Å². The molecule has 3 N–H and O–H groups in total. The lowest BCUT2D eigenvalue weighted by Crippen LogP contribution is -2.32. The molecular weight excluding hydrogens is 242 g/mol. The molecule has 0 bridgehead atoms. The first-order chi connectivity index (χ1) is 8.10. The van der Waals surface area contributed by atoms with Gasteiger partial charge < -0.3 is 15.5 Å². The van der Waals surface area contributed by atoms with Gasteiger partial charge in [0.05, 0.1) is 12.8 Å². The molecule has 1 aromatic heterocycles. The highest BCUT2D eigenvalue weighted by Crippen LogP contribution is 2.17. The molecule has 2 atom stereocenters. The maximum absolute atomic E-state index is 10.9. The summed E-state index contributed by atoms with van der Waals surface area (Å²) in [7, 11) is 0. The Kier molecular flexibility index (Phi) is 5.17. The van der Waals surface area contributed by atoms with Crippen LogP contribution in [0.4, 0.5) is 5.82 Å². The van der Waals surface area contributed by atoms with E-state index in [-0.39, 0.29) is 29.3 Å². The third kappa shape index (κ3) is 3.57. The van der Waals surface area contributed by atoms with Crippen molar-refractivity contribution in [1.29, 1.82) is 0 Å². The average molecular weight is 257 g/mol. The lowest BCUT2D eigenvalue weighted by molar-refractivity contribution is 0.0697. The first-order valence-corrected chi connectivity index (χ1v) is 6.34. The van der Waals surface area contributed by atoms with E-state index in [0.29, 0.717) is 0 Å². The van der Waals surface area contributed by atoms with Crippen molar-refractivity contribution in [1.82, 2.24) is 10.2 Å². The Morgan fingerprint density at radius 2 is 2.35 bits per heavy atom. The van der Waals surface area contributed by atoms with Crippen molar-refractivity contribution in [3.8, 4) is 0 Å². The van der Waals surface area contributed by atoms with Crippen molar-refractivity contribution in [3.05, 3.63) is 17.8 Å². The largest absolute Gasteiger partial charge is 0.478 e. The summed E-state index contributed by atoms with van der Waals surface area (Å²) in [6, 6.07) is 1.28. The SMILES string of the molecule is CSC(CO)C(C)Nc1nnccc1C(=O)O. The van der Waals surface area contributed by atoms with E-state index >= 15 is 0 Å². The molecule has 0 aliphatic carbocycles. The average Bonchev–Trinajstić information content (AvgIpc) is 2.31. The monoisotopic (exact) mass is 257 g/mol. The zero-order valence-electron chi connectivity index (χ0n) is 9.62. The molecule has 0 aliphatic heterocycles. The third-order valence-electron chi connectivity index (χ3n) is 2.36. The predicted molar refractivity (Wildman–Crippen MR) is 66.5 cm³/mol. The van der Waals surface area contributed by atoms with Crippen molar-refractivity contribution in [3.63, 3.8) is 0 Å². The van der Waals surface area contributed by atoms with E-state index in [4.69, 9.17) is 10.2 Å². The van der Waals surface area contributed by atoms with E-state index in [9.17, 15) is 4.79 Å². The molecule has 1 aromatic rings. The summed E-state index contributed by atoms with van der Waals surface area (Å²) in [6.07, 6.45) is 3.21. The molecule has 6 nitrogen and oxygen atoms in total. The van der Waals surface area contributed by atoms with Gasteiger partial charge in [-0.15, -0.1) is 5.10 Å². The van der Waals surface area contributed by atoms with E-state index in [0.717, 1.165) is 0 Å². The normalized spacial score (nSPS) is 14.1. The number of carboxylic acid groups (broad SMARTS) is 1. The second kappa shape index (κ2) is 6.41. The number of carboxylic acids is 1. The lowest BCUT2D eigenvalue weighted by Gasteiger charge is -2.22. The molecule has 94 valence electrons. The Morgan fingerprint density at radius 1 is 1.65 bits per heavy atom. The van der Waals surface area contributed by atoms with Crippen molar-refractivity contribution in [2.24, 2.45) is 0 Å². The topological polar surface area (TPSA) is 95.3 Å². The smallest absolute Gasteiger partial charge is 0.339 e. The molecule has 1 rings (SSSR count). The molecule has 2 unspecified atom stereocenters. The van der Waals surface area contributed by atoms with Crippen LogP contribution in [-0.2, 0) is 0 Å². The van der Waals surface area contributed by atoms with Gasteiger partial charge in [-0.05, 0) is 19.2 Å². The second-order valence-electron chi connectivity index (χ2n) is 3.49. The fraction of sp³-hybridized carbons (Fsp3) is 0.500. The highest BCUT2D eigenvalue weighted by Gasteiger charge is 2.19. The molecule has 0 fully saturated rings. The van der Waals surface area contributed by atoms with Crippen molar-refractivity contribution in [2.45, 2.75) is 18.2 Å². The first kappa shape index (κ1) is 13.7. The first-order valence-electron chi connectivity index (χ1n) is 5.05. The number of rotatable bonds is 6. The second-order valence-corrected chi connectivity index (χ2v) is 4.57. The van der Waals surface area contributed by atoms with Crippen LogP contribution in [0.15, 0.2) is 12.3 Å². The Morgan fingerprint density at radius 3 is 2.88 bits per heavy atom. The van der Waals surface area contributed by atoms with Crippen LogP contribution in [0.3, 0.4) is 0 Å². The summed E-state index contributed by atoms with van der Waals surface area (Å²) < 4.78 is 0. The number of carbonyl (C=O) groups is 1. The Labute approximate surface area is 103 Å². The minimum Gasteiger partial charge on any atom is -0.478 e. The fourth-order valence-electron chi connectivity index (χ4n) is 1.36. The Balaban J connectivity index is 2.84. The Hall–Kier alpha value is -1.34. The molecule has 0 spiro atoms. The van der Waals surface area contributed by atoms with Gasteiger partial charge in [0.1, 0.15) is 5.56 Å². The number of thioether (sulfide) groups is 1. The van der Waals surface area contributed by atoms with Crippen LogP contribution in [-0.4, -0.2) is 50.5 Å².